The predicted molar refractivity (Wildman–Crippen MR) is 117 cm³/mol. The summed E-state index contributed by atoms with van der Waals surface area (Å²) in [6.07, 6.45) is 0.727. The molecular weight excluding hydrogens is 436 g/mol. The quantitative estimate of drug-likeness (QED) is 0.602. The molecule has 2 aliphatic heterocycles. The zero-order chi connectivity index (χ0) is 22.7. The summed E-state index contributed by atoms with van der Waals surface area (Å²) in [7, 11) is -3.84. The third-order valence-electron chi connectivity index (χ3n) is 5.04. The Labute approximate surface area is 185 Å². The molecule has 1 atom stereocenters. The topological polar surface area (TPSA) is 126 Å². The van der Waals surface area contributed by atoms with Crippen LogP contribution in [0, 0.1) is 0 Å². The zero-order valence-corrected chi connectivity index (χ0v) is 18.3. The standard InChI is InChI=1S/C21H24N4O6S/c1-14(20(26)25-10-9-22-21(25)27)23-15-3-5-16(6-4-15)24-32(28,29)17-7-8-18-19(13-17)31-12-2-11-30-18/h3-8,13-14,23-24H,2,9-12H2,1H3,(H,22,27)/t14-/m0/s1. The molecule has 0 radical (unpaired) electrons. The molecule has 2 aliphatic rings. The van der Waals surface area contributed by atoms with Crippen molar-refractivity contribution in [1.82, 2.24) is 10.2 Å². The van der Waals surface area contributed by atoms with E-state index < -0.39 is 22.1 Å². The second kappa shape index (κ2) is 8.95. The summed E-state index contributed by atoms with van der Waals surface area (Å²) in [5, 5.41) is 5.61. The number of rotatable bonds is 6. The van der Waals surface area contributed by atoms with E-state index in [1.165, 1.54) is 12.1 Å². The van der Waals surface area contributed by atoms with Gasteiger partial charge in [0.05, 0.1) is 18.1 Å². The maximum atomic E-state index is 12.8. The average Bonchev–Trinajstić information content (AvgIpc) is 3.06. The number of carbonyl (C=O) groups is 2. The molecule has 0 unspecified atom stereocenters. The molecular formula is C21H24N4O6S. The van der Waals surface area contributed by atoms with Crippen molar-refractivity contribution in [1.29, 1.82) is 0 Å². The molecule has 4 rings (SSSR count). The molecule has 10 nitrogen and oxygen atoms in total. The summed E-state index contributed by atoms with van der Waals surface area (Å²) in [5.74, 6) is 0.585. The van der Waals surface area contributed by atoms with Crippen LogP contribution in [-0.2, 0) is 14.8 Å². The van der Waals surface area contributed by atoms with E-state index in [2.05, 4.69) is 15.4 Å². The number of benzene rings is 2. The van der Waals surface area contributed by atoms with Gasteiger partial charge < -0.3 is 20.1 Å². The fraction of sp³-hybridized carbons (Fsp3) is 0.333. The van der Waals surface area contributed by atoms with Crippen molar-refractivity contribution in [2.24, 2.45) is 0 Å². The number of nitrogens with zero attached hydrogens (tertiary/aromatic N) is 1. The molecule has 1 fully saturated rings. The van der Waals surface area contributed by atoms with Crippen LogP contribution in [0.5, 0.6) is 11.5 Å². The Morgan fingerprint density at radius 3 is 2.44 bits per heavy atom. The van der Waals surface area contributed by atoms with Gasteiger partial charge in [0.1, 0.15) is 6.04 Å². The summed E-state index contributed by atoms with van der Waals surface area (Å²) in [4.78, 5) is 25.3. The van der Waals surface area contributed by atoms with Crippen molar-refractivity contribution in [2.45, 2.75) is 24.3 Å². The van der Waals surface area contributed by atoms with Crippen molar-refractivity contribution in [3.63, 3.8) is 0 Å². The Hall–Kier alpha value is -3.47. The maximum absolute atomic E-state index is 12.8. The Morgan fingerprint density at radius 2 is 1.75 bits per heavy atom. The summed E-state index contributed by atoms with van der Waals surface area (Å²) in [6.45, 7) is 3.42. The fourth-order valence-electron chi connectivity index (χ4n) is 3.39. The van der Waals surface area contributed by atoms with Gasteiger partial charge in [0.2, 0.25) is 0 Å². The van der Waals surface area contributed by atoms with E-state index in [-0.39, 0.29) is 10.8 Å². The van der Waals surface area contributed by atoms with Crippen molar-refractivity contribution in [2.75, 3.05) is 36.3 Å². The minimum Gasteiger partial charge on any atom is -0.490 e. The first-order chi connectivity index (χ1) is 15.3. The zero-order valence-electron chi connectivity index (χ0n) is 17.5. The molecule has 3 amide bonds. The van der Waals surface area contributed by atoms with Gasteiger partial charge in [0, 0.05) is 37.0 Å². The third kappa shape index (κ3) is 4.72. The number of sulfonamides is 1. The molecule has 2 heterocycles. The number of amides is 3. The molecule has 0 bridgehead atoms. The van der Waals surface area contributed by atoms with Crippen LogP contribution in [-0.4, -0.2) is 57.6 Å². The Bertz CT molecular complexity index is 1120. The normalized spacial score (nSPS) is 16.7. The van der Waals surface area contributed by atoms with E-state index in [4.69, 9.17) is 9.47 Å². The highest BCUT2D eigenvalue weighted by Crippen LogP contribution is 2.32. The largest absolute Gasteiger partial charge is 0.490 e. The van der Waals surface area contributed by atoms with Gasteiger partial charge in [-0.1, -0.05) is 0 Å². The molecule has 2 aromatic rings. The molecule has 11 heteroatoms. The lowest BCUT2D eigenvalue weighted by Crippen LogP contribution is -2.43. The van der Waals surface area contributed by atoms with Crippen molar-refractivity contribution >= 4 is 33.3 Å². The molecule has 170 valence electrons. The van der Waals surface area contributed by atoms with E-state index in [0.717, 1.165) is 11.3 Å². The minimum absolute atomic E-state index is 0.0621. The van der Waals surface area contributed by atoms with Crippen LogP contribution in [0.3, 0.4) is 0 Å². The third-order valence-corrected chi connectivity index (χ3v) is 6.42. The van der Waals surface area contributed by atoms with Crippen LogP contribution in [0.25, 0.3) is 0 Å². The maximum Gasteiger partial charge on any atom is 0.324 e. The summed E-state index contributed by atoms with van der Waals surface area (Å²) in [6, 6.07) is 9.95. The fourth-order valence-corrected chi connectivity index (χ4v) is 4.46. The number of imide groups is 1. The molecule has 0 spiro atoms. The van der Waals surface area contributed by atoms with E-state index in [0.29, 0.717) is 49.2 Å². The molecule has 0 aromatic heterocycles. The number of urea groups is 1. The van der Waals surface area contributed by atoms with Crippen LogP contribution >= 0.6 is 0 Å². The molecule has 0 saturated carbocycles. The van der Waals surface area contributed by atoms with Crippen molar-refractivity contribution in [3.05, 3.63) is 42.5 Å². The number of anilines is 2. The van der Waals surface area contributed by atoms with Crippen LogP contribution in [0.4, 0.5) is 16.2 Å². The Kier molecular flexibility index (Phi) is 6.08. The van der Waals surface area contributed by atoms with E-state index >= 15 is 0 Å². The van der Waals surface area contributed by atoms with Crippen LogP contribution in [0.2, 0.25) is 0 Å². The number of hydrogen-bond acceptors (Lipinski definition) is 7. The van der Waals surface area contributed by atoms with Crippen LogP contribution in [0.1, 0.15) is 13.3 Å². The van der Waals surface area contributed by atoms with Gasteiger partial charge in [-0.05, 0) is 43.3 Å². The summed E-state index contributed by atoms with van der Waals surface area (Å²) >= 11 is 0. The van der Waals surface area contributed by atoms with Gasteiger partial charge >= 0.3 is 6.03 Å². The number of fused-ring (bicyclic) bond motifs is 1. The number of carbonyl (C=O) groups excluding carboxylic acids is 2. The minimum atomic E-state index is -3.84. The second-order valence-electron chi connectivity index (χ2n) is 7.43. The number of nitrogens with one attached hydrogen (secondary N) is 3. The first kappa shape index (κ1) is 21.8. The molecule has 32 heavy (non-hydrogen) atoms. The first-order valence-corrected chi connectivity index (χ1v) is 11.7. The molecule has 2 aromatic carbocycles. The summed E-state index contributed by atoms with van der Waals surface area (Å²) in [5.41, 5.74) is 0.976. The van der Waals surface area contributed by atoms with Crippen LogP contribution in [0.15, 0.2) is 47.4 Å². The van der Waals surface area contributed by atoms with Gasteiger partial charge in [-0.2, -0.15) is 0 Å². The highest BCUT2D eigenvalue weighted by atomic mass is 32.2. The lowest BCUT2D eigenvalue weighted by atomic mass is 10.2. The highest BCUT2D eigenvalue weighted by molar-refractivity contribution is 7.92. The lowest BCUT2D eigenvalue weighted by Gasteiger charge is -2.20. The smallest absolute Gasteiger partial charge is 0.324 e. The summed E-state index contributed by atoms with van der Waals surface area (Å²) < 4.78 is 39.2. The lowest BCUT2D eigenvalue weighted by molar-refractivity contribution is -0.128. The number of ether oxygens (including phenoxy) is 2. The molecule has 3 N–H and O–H groups in total. The first-order valence-electron chi connectivity index (χ1n) is 10.2. The number of hydrogen-bond donors (Lipinski definition) is 3. The SMILES string of the molecule is C[C@H](Nc1ccc(NS(=O)(=O)c2ccc3c(c2)OCCCO3)cc1)C(=O)N1CCNC1=O. The second-order valence-corrected chi connectivity index (χ2v) is 9.11. The van der Waals surface area contributed by atoms with Crippen molar-refractivity contribution < 1.29 is 27.5 Å². The monoisotopic (exact) mass is 460 g/mol. The van der Waals surface area contributed by atoms with Gasteiger partial charge in [-0.15, -0.1) is 0 Å². The average molecular weight is 461 g/mol. The van der Waals surface area contributed by atoms with E-state index in [9.17, 15) is 18.0 Å². The molecule has 1 saturated heterocycles. The van der Waals surface area contributed by atoms with E-state index in [1.807, 2.05) is 0 Å². The Morgan fingerprint density at radius 1 is 1.06 bits per heavy atom. The van der Waals surface area contributed by atoms with Gasteiger partial charge in [-0.3, -0.25) is 14.4 Å². The van der Waals surface area contributed by atoms with Gasteiger partial charge in [-0.25, -0.2) is 13.2 Å². The molecule has 0 aliphatic carbocycles. The van der Waals surface area contributed by atoms with Gasteiger partial charge in [0.15, 0.2) is 11.5 Å². The Balaban J connectivity index is 1.41. The van der Waals surface area contributed by atoms with Gasteiger partial charge in [0.25, 0.3) is 15.9 Å². The predicted octanol–water partition coefficient (Wildman–Crippen LogP) is 2.00. The van der Waals surface area contributed by atoms with Crippen LogP contribution < -0.4 is 24.8 Å². The van der Waals surface area contributed by atoms with E-state index in [1.54, 1.807) is 37.3 Å². The van der Waals surface area contributed by atoms with Crippen molar-refractivity contribution in [3.8, 4) is 11.5 Å². The highest BCUT2D eigenvalue weighted by Gasteiger charge is 2.29.